The van der Waals surface area contributed by atoms with Gasteiger partial charge in [0.1, 0.15) is 11.5 Å². The summed E-state index contributed by atoms with van der Waals surface area (Å²) in [5.41, 5.74) is 2.21. The summed E-state index contributed by atoms with van der Waals surface area (Å²) >= 11 is 0. The maximum Gasteiger partial charge on any atom is 0.245 e. The maximum absolute atomic E-state index is 6.26. The molecule has 4 aromatic rings. The van der Waals surface area contributed by atoms with Crippen LogP contribution in [-0.2, 0) is 0 Å². The van der Waals surface area contributed by atoms with Gasteiger partial charge in [0.15, 0.2) is 0 Å². The van der Waals surface area contributed by atoms with Crippen molar-refractivity contribution < 1.29 is 9.47 Å². The third-order valence-corrected chi connectivity index (χ3v) is 4.74. The topological polar surface area (TPSA) is 18.5 Å². The first-order chi connectivity index (χ1) is 12.1. The van der Waals surface area contributed by atoms with Crippen molar-refractivity contribution >= 4 is 21.5 Å². The molecular formula is C23H18O2. The predicted octanol–water partition coefficient (Wildman–Crippen LogP) is 6.17. The van der Waals surface area contributed by atoms with Crippen molar-refractivity contribution in [3.8, 4) is 22.6 Å². The zero-order valence-electron chi connectivity index (χ0n) is 14.2. The molecule has 4 aromatic carbocycles. The fourth-order valence-corrected chi connectivity index (χ4v) is 3.74. The number of hydrogen-bond donors (Lipinski definition) is 0. The summed E-state index contributed by atoms with van der Waals surface area (Å²) in [5, 5.41) is 4.75. The Hall–Kier alpha value is -3.00. The van der Waals surface area contributed by atoms with E-state index in [1.165, 1.54) is 21.5 Å². The van der Waals surface area contributed by atoms with Gasteiger partial charge in [-0.2, -0.15) is 0 Å². The normalized spacial score (nSPS) is 15.0. The van der Waals surface area contributed by atoms with Crippen molar-refractivity contribution in [2.45, 2.75) is 19.6 Å². The van der Waals surface area contributed by atoms with Crippen LogP contribution in [0.2, 0.25) is 0 Å². The molecule has 0 aromatic heterocycles. The van der Waals surface area contributed by atoms with Crippen LogP contribution in [0.25, 0.3) is 32.7 Å². The van der Waals surface area contributed by atoms with Crippen molar-refractivity contribution in [1.29, 1.82) is 0 Å². The van der Waals surface area contributed by atoms with Crippen LogP contribution in [0.5, 0.6) is 11.5 Å². The molecule has 0 N–H and O–H groups in total. The smallest absolute Gasteiger partial charge is 0.245 e. The van der Waals surface area contributed by atoms with E-state index in [-0.39, 0.29) is 0 Å². The Bertz CT molecular complexity index is 1040. The highest BCUT2D eigenvalue weighted by Crippen LogP contribution is 2.48. The fraction of sp³-hybridized carbons (Fsp3) is 0.130. The van der Waals surface area contributed by atoms with E-state index in [2.05, 4.69) is 72.8 Å². The molecule has 0 unspecified atom stereocenters. The van der Waals surface area contributed by atoms with E-state index in [4.69, 9.17) is 9.47 Å². The summed E-state index contributed by atoms with van der Waals surface area (Å²) < 4.78 is 12.5. The van der Waals surface area contributed by atoms with E-state index in [9.17, 15) is 0 Å². The molecule has 1 aliphatic heterocycles. The van der Waals surface area contributed by atoms with Crippen molar-refractivity contribution in [3.05, 3.63) is 72.8 Å². The minimum absolute atomic E-state index is 0.731. The summed E-state index contributed by atoms with van der Waals surface area (Å²) in [6, 6.07) is 25.2. The van der Waals surface area contributed by atoms with Crippen LogP contribution in [0.15, 0.2) is 72.8 Å². The highest BCUT2D eigenvalue weighted by molar-refractivity contribution is 6.09. The standard InChI is InChI=1S/C23H18O2/c1-23(2)24-19-13-11-15-7-3-5-9-17(15)21(19)22-18-10-6-4-8-16(18)12-14-20(22)25-23/h3-14H,1-2H3. The lowest BCUT2D eigenvalue weighted by Crippen LogP contribution is -2.34. The lowest BCUT2D eigenvalue weighted by Gasteiger charge is -2.25. The van der Waals surface area contributed by atoms with Crippen LogP contribution in [0, 0.1) is 0 Å². The molecule has 0 atom stereocenters. The molecule has 1 heterocycles. The highest BCUT2D eigenvalue weighted by Gasteiger charge is 2.31. The van der Waals surface area contributed by atoms with Gasteiger partial charge in [-0.15, -0.1) is 0 Å². The Morgan fingerprint density at radius 2 is 1.00 bits per heavy atom. The largest absolute Gasteiger partial charge is 0.452 e. The summed E-state index contributed by atoms with van der Waals surface area (Å²) in [5.74, 6) is 0.989. The Labute approximate surface area is 146 Å². The molecule has 0 fully saturated rings. The summed E-state index contributed by atoms with van der Waals surface area (Å²) in [6.07, 6.45) is 0. The molecule has 2 nitrogen and oxygen atoms in total. The van der Waals surface area contributed by atoms with Gasteiger partial charge in [-0.25, -0.2) is 0 Å². The van der Waals surface area contributed by atoms with Gasteiger partial charge < -0.3 is 9.47 Å². The summed E-state index contributed by atoms with van der Waals surface area (Å²) in [6.45, 7) is 3.91. The predicted molar refractivity (Wildman–Crippen MR) is 102 cm³/mol. The molecule has 2 heteroatoms. The molecule has 1 aliphatic rings. The Morgan fingerprint density at radius 3 is 1.48 bits per heavy atom. The van der Waals surface area contributed by atoms with Gasteiger partial charge >= 0.3 is 0 Å². The van der Waals surface area contributed by atoms with E-state index in [1.807, 2.05) is 13.8 Å². The van der Waals surface area contributed by atoms with Gasteiger partial charge in [0.05, 0.1) is 0 Å². The van der Waals surface area contributed by atoms with E-state index in [1.54, 1.807) is 0 Å². The zero-order chi connectivity index (χ0) is 17.0. The second kappa shape index (κ2) is 5.00. The molecule has 0 aliphatic carbocycles. The van der Waals surface area contributed by atoms with E-state index >= 15 is 0 Å². The first kappa shape index (κ1) is 14.4. The first-order valence-corrected chi connectivity index (χ1v) is 8.54. The lowest BCUT2D eigenvalue weighted by molar-refractivity contribution is -0.0777. The second-order valence-corrected chi connectivity index (χ2v) is 6.92. The lowest BCUT2D eigenvalue weighted by atomic mass is 9.92. The number of fused-ring (bicyclic) bond motifs is 7. The van der Waals surface area contributed by atoms with Gasteiger partial charge in [-0.3, -0.25) is 0 Å². The average molecular weight is 326 g/mol. The molecule has 25 heavy (non-hydrogen) atoms. The third kappa shape index (κ3) is 2.18. The SMILES string of the molecule is CC1(C)Oc2ccc3ccccc3c2-c2c(ccc3ccccc23)O1. The van der Waals surface area contributed by atoms with Crippen LogP contribution in [0.1, 0.15) is 13.8 Å². The number of hydrogen-bond acceptors (Lipinski definition) is 2. The fourth-order valence-electron chi connectivity index (χ4n) is 3.74. The highest BCUT2D eigenvalue weighted by atomic mass is 16.7. The summed E-state index contributed by atoms with van der Waals surface area (Å²) in [7, 11) is 0. The molecule has 0 radical (unpaired) electrons. The minimum Gasteiger partial charge on any atom is -0.452 e. The molecule has 0 amide bonds. The van der Waals surface area contributed by atoms with Gasteiger partial charge in [0.2, 0.25) is 5.79 Å². The molecule has 122 valence electrons. The number of rotatable bonds is 0. The van der Waals surface area contributed by atoms with Crippen molar-refractivity contribution in [3.63, 3.8) is 0 Å². The molecule has 0 saturated carbocycles. The molecule has 0 spiro atoms. The Morgan fingerprint density at radius 1 is 0.560 bits per heavy atom. The minimum atomic E-state index is -0.731. The second-order valence-electron chi connectivity index (χ2n) is 6.92. The van der Waals surface area contributed by atoms with Crippen molar-refractivity contribution in [1.82, 2.24) is 0 Å². The van der Waals surface area contributed by atoms with Crippen LogP contribution in [-0.4, -0.2) is 5.79 Å². The molecule has 5 rings (SSSR count). The van der Waals surface area contributed by atoms with Gasteiger partial charge in [0, 0.05) is 25.0 Å². The van der Waals surface area contributed by atoms with Crippen LogP contribution in [0.3, 0.4) is 0 Å². The van der Waals surface area contributed by atoms with Crippen LogP contribution in [0.4, 0.5) is 0 Å². The van der Waals surface area contributed by atoms with Gasteiger partial charge in [-0.1, -0.05) is 60.7 Å². The number of benzene rings is 4. The zero-order valence-corrected chi connectivity index (χ0v) is 14.2. The van der Waals surface area contributed by atoms with Crippen LogP contribution >= 0.6 is 0 Å². The summed E-state index contributed by atoms with van der Waals surface area (Å²) in [4.78, 5) is 0. The maximum atomic E-state index is 6.26. The monoisotopic (exact) mass is 326 g/mol. The quantitative estimate of drug-likeness (QED) is 0.385. The molecule has 0 bridgehead atoms. The van der Waals surface area contributed by atoms with Crippen LogP contribution < -0.4 is 9.47 Å². The van der Waals surface area contributed by atoms with Crippen molar-refractivity contribution in [2.75, 3.05) is 0 Å². The third-order valence-electron chi connectivity index (χ3n) is 4.74. The first-order valence-electron chi connectivity index (χ1n) is 8.54. The molecular weight excluding hydrogens is 308 g/mol. The Balaban J connectivity index is 2.00. The Kier molecular flexibility index (Phi) is 2.87. The van der Waals surface area contributed by atoms with E-state index < -0.39 is 5.79 Å². The van der Waals surface area contributed by atoms with Gasteiger partial charge in [-0.05, 0) is 33.7 Å². The molecule has 0 saturated heterocycles. The van der Waals surface area contributed by atoms with Crippen molar-refractivity contribution in [2.24, 2.45) is 0 Å². The van der Waals surface area contributed by atoms with E-state index in [0.29, 0.717) is 0 Å². The van der Waals surface area contributed by atoms with Gasteiger partial charge in [0.25, 0.3) is 0 Å². The number of ether oxygens (including phenoxy) is 2. The average Bonchev–Trinajstić information content (AvgIpc) is 2.73. The van der Waals surface area contributed by atoms with E-state index in [0.717, 1.165) is 22.6 Å².